The highest BCUT2D eigenvalue weighted by atomic mass is 32.2. The molecule has 0 saturated carbocycles. The maximum atomic E-state index is 14.8. The molecule has 0 fully saturated rings. The van der Waals surface area contributed by atoms with Crippen molar-refractivity contribution >= 4 is 23.7 Å². The van der Waals surface area contributed by atoms with Crippen LogP contribution in [0.3, 0.4) is 0 Å². The first kappa shape index (κ1) is 29.4. The van der Waals surface area contributed by atoms with Crippen LogP contribution in [-0.4, -0.2) is 51.8 Å². The lowest BCUT2D eigenvalue weighted by atomic mass is 9.72. The Morgan fingerprint density at radius 2 is 1.70 bits per heavy atom. The molecule has 0 aliphatic carbocycles. The SMILES string of the molecule is CC(C)(C)OC(=O)CCc1cccc(C(C)(CCC(C)(C)C(F)(F)CSCCO)C(=O)O)c1. The lowest BCUT2D eigenvalue weighted by Gasteiger charge is -2.37. The van der Waals surface area contributed by atoms with Gasteiger partial charge in [0.15, 0.2) is 0 Å². The van der Waals surface area contributed by atoms with Crippen LogP contribution in [0.2, 0.25) is 0 Å². The summed E-state index contributed by atoms with van der Waals surface area (Å²) in [5.74, 6) is -4.63. The number of esters is 1. The molecule has 1 rings (SSSR count). The molecule has 1 unspecified atom stereocenters. The number of benzene rings is 1. The summed E-state index contributed by atoms with van der Waals surface area (Å²) in [6.45, 7) is 9.66. The van der Waals surface area contributed by atoms with Crippen molar-refractivity contribution in [2.24, 2.45) is 5.41 Å². The molecule has 0 saturated heterocycles. The number of aliphatic hydroxyl groups excluding tert-OH is 1. The summed E-state index contributed by atoms with van der Waals surface area (Å²) in [6, 6.07) is 6.97. The van der Waals surface area contributed by atoms with Crippen molar-refractivity contribution in [1.29, 1.82) is 0 Å². The van der Waals surface area contributed by atoms with Crippen molar-refractivity contribution in [1.82, 2.24) is 0 Å². The van der Waals surface area contributed by atoms with Gasteiger partial charge in [0.25, 0.3) is 5.92 Å². The van der Waals surface area contributed by atoms with Crippen molar-refractivity contribution in [3.63, 3.8) is 0 Å². The number of carbonyl (C=O) groups excluding carboxylic acids is 1. The van der Waals surface area contributed by atoms with Gasteiger partial charge in [0.2, 0.25) is 0 Å². The Balaban J connectivity index is 2.97. The van der Waals surface area contributed by atoms with Gasteiger partial charge in [-0.1, -0.05) is 38.1 Å². The van der Waals surface area contributed by atoms with Gasteiger partial charge >= 0.3 is 11.9 Å². The van der Waals surface area contributed by atoms with E-state index in [2.05, 4.69) is 0 Å². The van der Waals surface area contributed by atoms with E-state index in [-0.39, 0.29) is 37.6 Å². The molecule has 188 valence electrons. The van der Waals surface area contributed by atoms with Crippen LogP contribution in [0.4, 0.5) is 8.78 Å². The fourth-order valence-corrected chi connectivity index (χ4v) is 4.21. The average Bonchev–Trinajstić information content (AvgIpc) is 2.69. The van der Waals surface area contributed by atoms with Crippen LogP contribution >= 0.6 is 11.8 Å². The van der Waals surface area contributed by atoms with Gasteiger partial charge in [-0.2, -0.15) is 11.8 Å². The number of thioether (sulfide) groups is 1. The monoisotopic (exact) mass is 488 g/mol. The first-order valence-electron chi connectivity index (χ1n) is 11.2. The molecule has 1 aromatic carbocycles. The Morgan fingerprint density at radius 1 is 1.06 bits per heavy atom. The number of hydrogen-bond acceptors (Lipinski definition) is 5. The van der Waals surface area contributed by atoms with E-state index in [0.717, 1.165) is 17.3 Å². The molecule has 2 N–H and O–H groups in total. The lowest BCUT2D eigenvalue weighted by Crippen LogP contribution is -2.41. The summed E-state index contributed by atoms with van der Waals surface area (Å²) >= 11 is 0.982. The Kier molecular flexibility index (Phi) is 10.4. The number of alkyl halides is 2. The third kappa shape index (κ3) is 8.89. The second-order valence-corrected chi connectivity index (χ2v) is 11.4. The predicted molar refractivity (Wildman–Crippen MR) is 128 cm³/mol. The molecule has 0 aliphatic heterocycles. The minimum Gasteiger partial charge on any atom is -0.481 e. The topological polar surface area (TPSA) is 83.8 Å². The number of carboxylic acid groups (broad SMARTS) is 1. The maximum Gasteiger partial charge on any atom is 0.313 e. The quantitative estimate of drug-likeness (QED) is 0.283. The number of halogens is 2. The fourth-order valence-electron chi connectivity index (χ4n) is 3.29. The molecule has 1 aromatic rings. The highest BCUT2D eigenvalue weighted by Gasteiger charge is 2.48. The molecule has 0 amide bonds. The van der Waals surface area contributed by atoms with Gasteiger partial charge in [-0.25, -0.2) is 8.78 Å². The second kappa shape index (κ2) is 11.6. The lowest BCUT2D eigenvalue weighted by molar-refractivity contribution is -0.154. The zero-order valence-corrected chi connectivity index (χ0v) is 21.4. The number of carboxylic acids is 1. The van der Waals surface area contributed by atoms with E-state index in [4.69, 9.17) is 9.84 Å². The van der Waals surface area contributed by atoms with E-state index in [1.165, 1.54) is 13.8 Å². The van der Waals surface area contributed by atoms with Crippen LogP contribution in [0.5, 0.6) is 0 Å². The Hall–Kier alpha value is -1.67. The Morgan fingerprint density at radius 3 is 2.24 bits per heavy atom. The summed E-state index contributed by atoms with van der Waals surface area (Å²) < 4.78 is 34.9. The van der Waals surface area contributed by atoms with Crippen molar-refractivity contribution in [2.45, 2.75) is 84.2 Å². The van der Waals surface area contributed by atoms with Gasteiger partial charge in [-0.3, -0.25) is 9.59 Å². The standard InChI is InChI=1S/C25H38F2O5S/c1-22(2,3)32-20(29)11-10-18-8-7-9-19(16-18)24(6,21(30)31)13-12-23(4,5)25(26,27)17-33-15-14-28/h7-9,16,28H,10-15,17H2,1-6H3,(H,30,31). The molecule has 0 heterocycles. The van der Waals surface area contributed by atoms with Crippen molar-refractivity contribution in [3.8, 4) is 0 Å². The van der Waals surface area contributed by atoms with Gasteiger partial charge < -0.3 is 14.9 Å². The zero-order chi connectivity index (χ0) is 25.5. The van der Waals surface area contributed by atoms with Gasteiger partial charge in [-0.15, -0.1) is 0 Å². The molecule has 0 aliphatic rings. The van der Waals surface area contributed by atoms with E-state index >= 15 is 0 Å². The van der Waals surface area contributed by atoms with Gasteiger partial charge in [0.1, 0.15) is 5.60 Å². The van der Waals surface area contributed by atoms with Crippen LogP contribution < -0.4 is 0 Å². The van der Waals surface area contributed by atoms with Gasteiger partial charge in [-0.05, 0) is 58.1 Å². The highest BCUT2D eigenvalue weighted by molar-refractivity contribution is 7.99. The molecular formula is C25H38F2O5S. The highest BCUT2D eigenvalue weighted by Crippen LogP contribution is 2.45. The van der Waals surface area contributed by atoms with Crippen LogP contribution in [0.1, 0.15) is 71.9 Å². The largest absolute Gasteiger partial charge is 0.481 e. The number of ether oxygens (including phenoxy) is 1. The van der Waals surface area contributed by atoms with E-state index in [1.807, 2.05) is 6.07 Å². The van der Waals surface area contributed by atoms with Crippen molar-refractivity contribution in [3.05, 3.63) is 35.4 Å². The Labute approximate surface area is 200 Å². The normalized spacial score (nSPS) is 14.6. The van der Waals surface area contributed by atoms with Crippen LogP contribution in [0.25, 0.3) is 0 Å². The second-order valence-electron chi connectivity index (χ2n) is 10.3. The summed E-state index contributed by atoms with van der Waals surface area (Å²) in [7, 11) is 0. The summed E-state index contributed by atoms with van der Waals surface area (Å²) in [5, 5.41) is 18.8. The molecule has 0 spiro atoms. The number of aliphatic carboxylic acids is 1. The Bertz CT molecular complexity index is 804. The van der Waals surface area contributed by atoms with Gasteiger partial charge in [0, 0.05) is 17.6 Å². The molecule has 1 atom stereocenters. The van der Waals surface area contributed by atoms with Crippen LogP contribution in [-0.2, 0) is 26.2 Å². The van der Waals surface area contributed by atoms with E-state index in [1.54, 1.807) is 45.9 Å². The number of hydrogen-bond donors (Lipinski definition) is 2. The molecule has 0 aromatic heterocycles. The molecular weight excluding hydrogens is 450 g/mol. The third-order valence-corrected chi connectivity index (χ3v) is 6.87. The van der Waals surface area contributed by atoms with Crippen molar-refractivity contribution < 1.29 is 33.3 Å². The predicted octanol–water partition coefficient (Wildman–Crippen LogP) is 5.47. The third-order valence-electron chi connectivity index (χ3n) is 5.83. The minimum atomic E-state index is -3.01. The van der Waals surface area contributed by atoms with Crippen molar-refractivity contribution in [2.75, 3.05) is 18.1 Å². The molecule has 5 nitrogen and oxygen atoms in total. The average molecular weight is 489 g/mol. The first-order chi connectivity index (χ1) is 15.0. The van der Waals surface area contributed by atoms with E-state index in [9.17, 15) is 23.5 Å². The number of aliphatic hydroxyl groups is 1. The first-order valence-corrected chi connectivity index (χ1v) is 12.3. The summed E-state index contributed by atoms with van der Waals surface area (Å²) in [6.07, 6.45) is 0.592. The van der Waals surface area contributed by atoms with Gasteiger partial charge in [0.05, 0.1) is 17.8 Å². The van der Waals surface area contributed by atoms with Crippen LogP contribution in [0.15, 0.2) is 24.3 Å². The maximum absolute atomic E-state index is 14.8. The smallest absolute Gasteiger partial charge is 0.313 e. The van der Waals surface area contributed by atoms with E-state index < -0.39 is 34.1 Å². The van der Waals surface area contributed by atoms with Crippen LogP contribution in [0, 0.1) is 5.41 Å². The summed E-state index contributed by atoms with van der Waals surface area (Å²) in [5.41, 5.74) is -2.04. The molecule has 0 radical (unpaired) electrons. The number of carbonyl (C=O) groups is 2. The fraction of sp³-hybridized carbons (Fsp3) is 0.680. The summed E-state index contributed by atoms with van der Waals surface area (Å²) in [4.78, 5) is 24.3. The zero-order valence-electron chi connectivity index (χ0n) is 20.5. The molecule has 0 bridgehead atoms. The number of aryl methyl sites for hydroxylation is 1. The molecule has 33 heavy (non-hydrogen) atoms. The molecule has 8 heteroatoms. The minimum absolute atomic E-state index is 0.00458. The number of rotatable bonds is 13. The van der Waals surface area contributed by atoms with E-state index in [0.29, 0.717) is 12.0 Å².